The average molecular weight is 1040 g/mol. The lowest BCUT2D eigenvalue weighted by Crippen LogP contribution is -2.71. The van der Waals surface area contributed by atoms with Crippen LogP contribution in [0.15, 0.2) is 0 Å². The Bertz CT molecular complexity index is 1730. The highest BCUT2D eigenvalue weighted by molar-refractivity contribution is 5.77. The second-order valence-electron chi connectivity index (χ2n) is 17.3. The summed E-state index contributed by atoms with van der Waals surface area (Å²) in [7, 11) is 0. The van der Waals surface area contributed by atoms with E-state index in [2.05, 4.69) is 16.0 Å². The lowest BCUT2D eigenvalue weighted by atomic mass is 9.88. The second kappa shape index (κ2) is 26.4. The van der Waals surface area contributed by atoms with Crippen molar-refractivity contribution in [3.05, 3.63) is 0 Å². The molecule has 25 atom stereocenters. The van der Waals surface area contributed by atoms with Gasteiger partial charge in [-0.25, -0.2) is 4.79 Å². The smallest absolute Gasteiger partial charge is 0.364 e. The summed E-state index contributed by atoms with van der Waals surface area (Å²) in [6, 6.07) is -5.07. The molecular formula is C39H67N3O29. The molecule has 0 unspecified atom stereocenters. The van der Waals surface area contributed by atoms with Crippen LogP contribution in [-0.4, -0.2) is 303 Å². The number of ether oxygens (including phenoxy) is 8. The third-order valence-electron chi connectivity index (χ3n) is 12.2. The predicted molar refractivity (Wildman–Crippen MR) is 221 cm³/mol. The molecule has 32 heteroatoms. The van der Waals surface area contributed by atoms with E-state index in [4.69, 9.17) is 37.9 Å². The van der Waals surface area contributed by atoms with Crippen molar-refractivity contribution in [1.82, 2.24) is 16.0 Å². The summed E-state index contributed by atoms with van der Waals surface area (Å²) in [6.45, 7) is -3.45. The zero-order valence-corrected chi connectivity index (χ0v) is 38.3. The Hall–Kier alpha value is -3.08. The Kier molecular flexibility index (Phi) is 22.5. The molecule has 412 valence electrons. The Balaban J connectivity index is 1.65. The minimum Gasteiger partial charge on any atom is -0.477 e. The molecule has 0 aromatic rings. The van der Waals surface area contributed by atoms with Crippen molar-refractivity contribution in [1.29, 1.82) is 0 Å². The van der Waals surface area contributed by atoms with Crippen molar-refractivity contribution in [2.24, 2.45) is 0 Å². The monoisotopic (exact) mass is 1040 g/mol. The molecule has 4 rings (SSSR count). The minimum atomic E-state index is -3.18. The summed E-state index contributed by atoms with van der Waals surface area (Å²) in [4.78, 5) is 49.4. The van der Waals surface area contributed by atoms with Gasteiger partial charge in [-0.1, -0.05) is 0 Å². The molecule has 32 nitrogen and oxygen atoms in total. The Morgan fingerprint density at radius 3 is 1.62 bits per heavy atom. The van der Waals surface area contributed by atoms with Crippen molar-refractivity contribution in [3.8, 4) is 0 Å². The molecule has 0 radical (unpaired) electrons. The van der Waals surface area contributed by atoms with Crippen LogP contribution in [0.2, 0.25) is 0 Å². The van der Waals surface area contributed by atoms with Gasteiger partial charge in [0.2, 0.25) is 17.7 Å². The topological polar surface area (TPSA) is 522 Å². The quantitative estimate of drug-likeness (QED) is 0.0452. The molecule has 3 amide bonds. The average Bonchev–Trinajstić information content (AvgIpc) is 3.32. The normalized spacial score (nSPS) is 40.3. The number of aliphatic hydroxyl groups is 16. The summed E-state index contributed by atoms with van der Waals surface area (Å²) in [6.07, 6.45) is -44.5. The number of nitrogens with one attached hydrogen (secondary N) is 3. The van der Waals surface area contributed by atoms with Crippen molar-refractivity contribution in [2.75, 3.05) is 39.6 Å². The molecule has 4 fully saturated rings. The van der Waals surface area contributed by atoms with Crippen molar-refractivity contribution < 1.29 is 144 Å². The molecule has 0 aromatic heterocycles. The van der Waals surface area contributed by atoms with Crippen LogP contribution in [-0.2, 0) is 57.1 Å². The number of carboxylic acids is 1. The van der Waals surface area contributed by atoms with Gasteiger partial charge < -0.3 is 141 Å². The predicted octanol–water partition coefficient (Wildman–Crippen LogP) is -12.7. The fourth-order valence-electron chi connectivity index (χ4n) is 8.54. The largest absolute Gasteiger partial charge is 0.477 e. The zero-order chi connectivity index (χ0) is 53.4. The van der Waals surface area contributed by atoms with Crippen LogP contribution in [0.5, 0.6) is 0 Å². The third-order valence-corrected chi connectivity index (χ3v) is 12.2. The fourth-order valence-corrected chi connectivity index (χ4v) is 8.54. The summed E-state index contributed by atoms with van der Waals surface area (Å²) in [5.41, 5.74) is 0. The SMILES string of the molecule is CC(=O)N[C@H]1[C@H](O[C@H]2[C@@H](O)[C@@H](CO)O[C@@H](O[C@@H]([C@@H](O)[C@H](O)CO)[C@H](CO)NC(C)=O)[C@@H]2O)O[C@H](CO)[C@@H](O[C@@H]2O[C@H](CO)[C@H](O)[C@H](O[C@]3(C(=O)O)C[C@H](O)[C@@H](NC(C)=O)[C@H]([C@H](O)[C@H](O)CO)O3)[C@H]2O)[C@@H]1O. The van der Waals surface area contributed by atoms with Crippen molar-refractivity contribution >= 4 is 23.7 Å². The highest BCUT2D eigenvalue weighted by Gasteiger charge is 2.61. The number of rotatable bonds is 23. The van der Waals surface area contributed by atoms with E-state index in [1.165, 1.54) is 0 Å². The minimum absolute atomic E-state index is 0.771. The van der Waals surface area contributed by atoms with Crippen LogP contribution in [0, 0.1) is 0 Å². The van der Waals surface area contributed by atoms with Gasteiger partial charge in [0, 0.05) is 27.2 Å². The van der Waals surface area contributed by atoms with E-state index >= 15 is 0 Å². The van der Waals surface area contributed by atoms with E-state index in [1.807, 2.05) is 0 Å². The van der Waals surface area contributed by atoms with Crippen LogP contribution in [0.1, 0.15) is 27.2 Å². The van der Waals surface area contributed by atoms with E-state index in [9.17, 15) is 106 Å². The van der Waals surface area contributed by atoms with Gasteiger partial charge in [-0.2, -0.15) is 0 Å². The number of amides is 3. The number of hydrogen-bond acceptors (Lipinski definition) is 28. The lowest BCUT2D eigenvalue weighted by Gasteiger charge is -2.51. The molecule has 0 aliphatic carbocycles. The molecule has 4 aliphatic heterocycles. The summed E-state index contributed by atoms with van der Waals surface area (Å²) in [5.74, 6) is -7.75. The van der Waals surface area contributed by atoms with E-state index in [0.29, 0.717) is 0 Å². The Labute approximate surface area is 402 Å². The highest BCUT2D eigenvalue weighted by Crippen LogP contribution is 2.39. The van der Waals surface area contributed by atoms with Gasteiger partial charge in [0.05, 0.1) is 57.8 Å². The standard InChI is InChI=1S/C39H67N3O29/c1-11(49)40-14(5-43)30(23(55)16(53)6-44)67-36-28(60)33(25(57)18(8-46)64-36)69-35-22(42-13(3)51)27(59)31(20(10-48)66-35)68-37-29(61)34(26(58)19(9-47)65-37)71-39(38(62)63)4-15(52)21(41-12(2)50)32(70-39)24(56)17(54)7-45/h14-37,43-48,52-61H,4-10H2,1-3H3,(H,40,49)(H,41,50)(H,42,51)(H,62,63)/t14-,15-,16+,17+,18+,19+,20+,21+,22+,23-,24+,25-,26-,27+,28+,29+,30+,31+,32+,33-,34-,35-,36-,37-,39-/m0/s1. The molecule has 20 N–H and O–H groups in total. The lowest BCUT2D eigenvalue weighted by molar-refractivity contribution is -0.388. The molecule has 0 bridgehead atoms. The highest BCUT2D eigenvalue weighted by atomic mass is 16.8. The summed E-state index contributed by atoms with van der Waals surface area (Å²) < 4.78 is 45.6. The van der Waals surface area contributed by atoms with Crippen molar-refractivity contribution in [2.45, 2.75) is 180 Å². The maximum atomic E-state index is 12.9. The maximum Gasteiger partial charge on any atom is 0.364 e. The second-order valence-corrected chi connectivity index (χ2v) is 17.3. The third kappa shape index (κ3) is 14.0. The van der Waals surface area contributed by atoms with E-state index in [-0.39, 0.29) is 0 Å². The Morgan fingerprint density at radius 2 is 1.11 bits per heavy atom. The van der Waals surface area contributed by atoms with Crippen LogP contribution in [0.25, 0.3) is 0 Å². The van der Waals surface area contributed by atoms with Gasteiger partial charge in [0.1, 0.15) is 110 Å². The molecule has 4 saturated heterocycles. The first-order valence-electron chi connectivity index (χ1n) is 22.1. The molecular weight excluding hydrogens is 974 g/mol. The molecule has 4 aliphatic rings. The van der Waals surface area contributed by atoms with Gasteiger partial charge in [-0.15, -0.1) is 0 Å². The van der Waals surface area contributed by atoms with Crippen LogP contribution in [0.3, 0.4) is 0 Å². The van der Waals surface area contributed by atoms with E-state index in [1.54, 1.807) is 0 Å². The van der Waals surface area contributed by atoms with E-state index < -0.39 is 222 Å². The molecule has 71 heavy (non-hydrogen) atoms. The molecule has 0 aromatic carbocycles. The molecule has 0 spiro atoms. The number of carboxylic acid groups (broad SMARTS) is 1. The Morgan fingerprint density at radius 1 is 0.606 bits per heavy atom. The number of aliphatic carboxylic acids is 1. The number of carbonyl (C=O) groups is 4. The molecule has 4 heterocycles. The van der Waals surface area contributed by atoms with Crippen LogP contribution >= 0.6 is 0 Å². The summed E-state index contributed by atoms with van der Waals surface area (Å²) in [5, 5.41) is 188. The van der Waals surface area contributed by atoms with Gasteiger partial charge in [0.25, 0.3) is 5.79 Å². The molecule has 0 saturated carbocycles. The maximum absolute atomic E-state index is 12.9. The van der Waals surface area contributed by atoms with E-state index in [0.717, 1.165) is 20.8 Å². The summed E-state index contributed by atoms with van der Waals surface area (Å²) >= 11 is 0. The number of aliphatic hydroxyl groups excluding tert-OH is 16. The fraction of sp³-hybridized carbons (Fsp3) is 0.897. The van der Waals surface area contributed by atoms with Crippen LogP contribution in [0.4, 0.5) is 0 Å². The van der Waals surface area contributed by atoms with Gasteiger partial charge in [-0.3, -0.25) is 14.4 Å². The number of hydrogen-bond donors (Lipinski definition) is 20. The zero-order valence-electron chi connectivity index (χ0n) is 38.3. The first-order chi connectivity index (χ1) is 33.3. The van der Waals surface area contributed by atoms with Gasteiger partial charge in [0.15, 0.2) is 18.9 Å². The van der Waals surface area contributed by atoms with Crippen LogP contribution < -0.4 is 16.0 Å². The first kappa shape index (κ1) is 60.5. The number of carbonyl (C=O) groups excluding carboxylic acids is 3. The van der Waals surface area contributed by atoms with Crippen molar-refractivity contribution in [3.63, 3.8) is 0 Å². The van der Waals surface area contributed by atoms with Gasteiger partial charge in [-0.05, 0) is 0 Å². The van der Waals surface area contributed by atoms with Gasteiger partial charge >= 0.3 is 5.97 Å². The first-order valence-corrected chi connectivity index (χ1v) is 22.1.